The van der Waals surface area contributed by atoms with Gasteiger partial charge in [-0.2, -0.15) is 0 Å². The summed E-state index contributed by atoms with van der Waals surface area (Å²) in [7, 11) is 0. The Kier molecular flexibility index (Phi) is 1.73. The third-order valence-corrected chi connectivity index (χ3v) is 3.55. The first-order chi connectivity index (χ1) is 7.67. The molecule has 1 aliphatic heterocycles. The maximum absolute atomic E-state index is 12.7. The van der Waals surface area contributed by atoms with Gasteiger partial charge in [-0.15, -0.1) is 0 Å². The van der Waals surface area contributed by atoms with Crippen LogP contribution in [0, 0.1) is 17.2 Å². The molecular formula is C12H10FNO2. The van der Waals surface area contributed by atoms with Crippen molar-refractivity contribution in [1.82, 2.24) is 0 Å². The molecule has 2 aliphatic rings. The van der Waals surface area contributed by atoms with Gasteiger partial charge in [0, 0.05) is 12.2 Å². The first-order valence-corrected chi connectivity index (χ1v) is 5.21. The van der Waals surface area contributed by atoms with E-state index in [0.29, 0.717) is 18.7 Å². The second kappa shape index (κ2) is 2.90. The van der Waals surface area contributed by atoms with E-state index in [0.717, 1.165) is 6.29 Å². The predicted molar refractivity (Wildman–Crippen MR) is 55.4 cm³/mol. The fourth-order valence-electron chi connectivity index (χ4n) is 2.43. The molecule has 1 aromatic rings. The van der Waals surface area contributed by atoms with Crippen molar-refractivity contribution in [3.63, 3.8) is 0 Å². The van der Waals surface area contributed by atoms with Crippen LogP contribution in [0.1, 0.15) is 6.42 Å². The smallest absolute Gasteiger partial charge is 0.240 e. The van der Waals surface area contributed by atoms with E-state index in [1.165, 1.54) is 12.1 Å². The highest BCUT2D eigenvalue weighted by atomic mass is 19.1. The minimum atomic E-state index is -0.756. The fraction of sp³-hybridized carbons (Fsp3) is 0.333. The second-order valence-electron chi connectivity index (χ2n) is 4.45. The van der Waals surface area contributed by atoms with Crippen molar-refractivity contribution in [3.05, 3.63) is 30.1 Å². The zero-order chi connectivity index (χ0) is 11.3. The Hall–Kier alpha value is -1.71. The van der Waals surface area contributed by atoms with E-state index >= 15 is 0 Å². The molecule has 4 heteroatoms. The topological polar surface area (TPSA) is 37.4 Å². The number of halogens is 1. The molecule has 2 fully saturated rings. The van der Waals surface area contributed by atoms with Crippen LogP contribution in [0.5, 0.6) is 0 Å². The van der Waals surface area contributed by atoms with Gasteiger partial charge >= 0.3 is 0 Å². The molecule has 0 aromatic heterocycles. The summed E-state index contributed by atoms with van der Waals surface area (Å²) in [5.41, 5.74) is -0.0891. The average Bonchev–Trinajstić information content (AvgIpc) is 2.95. The summed E-state index contributed by atoms with van der Waals surface area (Å²) < 4.78 is 12.7. The molecule has 1 heterocycles. The van der Waals surface area contributed by atoms with Crippen LogP contribution in [0.2, 0.25) is 0 Å². The van der Waals surface area contributed by atoms with Crippen LogP contribution in [0.15, 0.2) is 24.3 Å². The summed E-state index contributed by atoms with van der Waals surface area (Å²) in [6.07, 6.45) is 1.44. The molecule has 0 bridgehead atoms. The minimum absolute atomic E-state index is 0.140. The van der Waals surface area contributed by atoms with Crippen molar-refractivity contribution < 1.29 is 14.0 Å². The highest BCUT2D eigenvalue weighted by molar-refractivity contribution is 6.12. The number of hydrogen-bond donors (Lipinski definition) is 0. The Morgan fingerprint density at radius 1 is 1.38 bits per heavy atom. The van der Waals surface area contributed by atoms with Crippen molar-refractivity contribution in [1.29, 1.82) is 0 Å². The maximum Gasteiger partial charge on any atom is 0.240 e. The standard InChI is InChI=1S/C12H10FNO2/c13-9-1-3-10(4-2-9)14-6-8-5-12(8,7-15)11(14)16/h1-4,7-8H,5-6H2. The molecule has 82 valence electrons. The molecule has 0 spiro atoms. The average molecular weight is 219 g/mol. The summed E-state index contributed by atoms with van der Waals surface area (Å²) in [6, 6.07) is 5.77. The van der Waals surface area contributed by atoms with E-state index in [1.807, 2.05) is 0 Å². The van der Waals surface area contributed by atoms with E-state index < -0.39 is 5.41 Å². The van der Waals surface area contributed by atoms with Crippen LogP contribution in [-0.2, 0) is 9.59 Å². The lowest BCUT2D eigenvalue weighted by Crippen LogP contribution is -2.32. The third kappa shape index (κ3) is 1.07. The molecule has 1 aromatic carbocycles. The molecule has 3 rings (SSSR count). The molecule has 0 radical (unpaired) electrons. The van der Waals surface area contributed by atoms with Gasteiger partial charge in [0.15, 0.2) is 0 Å². The van der Waals surface area contributed by atoms with Crippen molar-refractivity contribution in [3.8, 4) is 0 Å². The Morgan fingerprint density at radius 2 is 2.06 bits per heavy atom. The van der Waals surface area contributed by atoms with Gasteiger partial charge in [-0.1, -0.05) is 0 Å². The van der Waals surface area contributed by atoms with Gasteiger partial charge in [-0.05, 0) is 36.6 Å². The summed E-state index contributed by atoms with van der Waals surface area (Å²) >= 11 is 0. The molecule has 1 saturated heterocycles. The lowest BCUT2D eigenvalue weighted by atomic mass is 10.1. The van der Waals surface area contributed by atoms with Crippen molar-refractivity contribution in [2.45, 2.75) is 6.42 Å². The number of amides is 1. The quantitative estimate of drug-likeness (QED) is 0.556. The molecule has 1 aliphatic carbocycles. The lowest BCUT2D eigenvalue weighted by molar-refractivity contribution is -0.127. The number of benzene rings is 1. The molecule has 2 atom stereocenters. The molecule has 1 amide bonds. The number of anilines is 1. The SMILES string of the molecule is O=CC12CC1CN(c1ccc(F)cc1)C2=O. The Morgan fingerprint density at radius 3 is 2.62 bits per heavy atom. The Bertz CT molecular complexity index is 470. The zero-order valence-electron chi connectivity index (χ0n) is 8.52. The van der Waals surface area contributed by atoms with Gasteiger partial charge in [0.1, 0.15) is 17.5 Å². The zero-order valence-corrected chi connectivity index (χ0v) is 8.52. The van der Waals surface area contributed by atoms with Crippen molar-refractivity contribution in [2.75, 3.05) is 11.4 Å². The molecule has 16 heavy (non-hydrogen) atoms. The van der Waals surface area contributed by atoms with Crippen molar-refractivity contribution >= 4 is 17.9 Å². The van der Waals surface area contributed by atoms with Crippen molar-refractivity contribution in [2.24, 2.45) is 11.3 Å². The summed E-state index contributed by atoms with van der Waals surface area (Å²) in [6.45, 7) is 0.573. The minimum Gasteiger partial charge on any atom is -0.311 e. The molecule has 1 saturated carbocycles. The second-order valence-corrected chi connectivity index (χ2v) is 4.45. The van der Waals surface area contributed by atoms with Crippen LogP contribution in [0.3, 0.4) is 0 Å². The molecule has 0 N–H and O–H groups in total. The number of hydrogen-bond acceptors (Lipinski definition) is 2. The number of piperidine rings is 1. The van der Waals surface area contributed by atoms with Crippen LogP contribution >= 0.6 is 0 Å². The van der Waals surface area contributed by atoms with Crippen LogP contribution in [-0.4, -0.2) is 18.7 Å². The highest BCUT2D eigenvalue weighted by Gasteiger charge is 2.67. The van der Waals surface area contributed by atoms with E-state index in [9.17, 15) is 14.0 Å². The summed E-state index contributed by atoms with van der Waals surface area (Å²) in [5.74, 6) is -0.313. The number of carbonyl (C=O) groups is 2. The Labute approximate surface area is 91.9 Å². The lowest BCUT2D eigenvalue weighted by Gasteiger charge is -2.19. The van der Waals surface area contributed by atoms with Gasteiger partial charge in [-0.25, -0.2) is 4.39 Å². The first kappa shape index (κ1) is 9.51. The van der Waals surface area contributed by atoms with Crippen LogP contribution < -0.4 is 4.90 Å². The van der Waals surface area contributed by atoms with Gasteiger partial charge in [0.2, 0.25) is 5.91 Å². The van der Waals surface area contributed by atoms with Gasteiger partial charge in [0.05, 0.1) is 0 Å². The van der Waals surface area contributed by atoms with Gasteiger partial charge in [0.25, 0.3) is 0 Å². The molecule has 3 nitrogen and oxygen atoms in total. The molecular weight excluding hydrogens is 209 g/mol. The Balaban J connectivity index is 1.91. The van der Waals surface area contributed by atoms with Crippen LogP contribution in [0.4, 0.5) is 10.1 Å². The van der Waals surface area contributed by atoms with E-state index in [1.54, 1.807) is 17.0 Å². The number of fused-ring (bicyclic) bond motifs is 1. The normalized spacial score (nSPS) is 31.4. The number of rotatable bonds is 2. The maximum atomic E-state index is 12.7. The largest absolute Gasteiger partial charge is 0.311 e. The number of carbonyl (C=O) groups excluding carboxylic acids is 2. The van der Waals surface area contributed by atoms with Crippen LogP contribution in [0.25, 0.3) is 0 Å². The number of nitrogens with zero attached hydrogens (tertiary/aromatic N) is 1. The summed E-state index contributed by atoms with van der Waals surface area (Å²) in [5, 5.41) is 0. The van der Waals surface area contributed by atoms with E-state index in [4.69, 9.17) is 0 Å². The fourth-order valence-corrected chi connectivity index (χ4v) is 2.43. The van der Waals surface area contributed by atoms with E-state index in [2.05, 4.69) is 0 Å². The molecule has 2 unspecified atom stereocenters. The third-order valence-electron chi connectivity index (χ3n) is 3.55. The monoisotopic (exact) mass is 219 g/mol. The first-order valence-electron chi connectivity index (χ1n) is 5.21. The van der Waals surface area contributed by atoms with Gasteiger partial charge < -0.3 is 9.69 Å². The number of aldehydes is 1. The highest BCUT2D eigenvalue weighted by Crippen LogP contribution is 2.57. The van der Waals surface area contributed by atoms with E-state index in [-0.39, 0.29) is 17.6 Å². The predicted octanol–water partition coefficient (Wildman–Crippen LogP) is 1.38. The van der Waals surface area contributed by atoms with Gasteiger partial charge in [-0.3, -0.25) is 4.79 Å². The summed E-state index contributed by atoms with van der Waals surface area (Å²) in [4.78, 5) is 24.5.